The third kappa shape index (κ3) is 2.21. The van der Waals surface area contributed by atoms with Gasteiger partial charge in [-0.05, 0) is 25.1 Å². The van der Waals surface area contributed by atoms with Crippen molar-refractivity contribution in [3.63, 3.8) is 0 Å². The van der Waals surface area contributed by atoms with Gasteiger partial charge in [-0.25, -0.2) is 9.97 Å². The fourth-order valence-electron chi connectivity index (χ4n) is 2.55. The van der Waals surface area contributed by atoms with Crippen molar-refractivity contribution in [3.8, 4) is 0 Å². The number of hydrogen-bond donors (Lipinski definition) is 2. The van der Waals surface area contributed by atoms with E-state index >= 15 is 0 Å². The molecule has 1 aliphatic heterocycles. The highest BCUT2D eigenvalue weighted by Gasteiger charge is 2.23. The number of benzene rings is 1. The zero-order valence-corrected chi connectivity index (χ0v) is 11.3. The maximum Gasteiger partial charge on any atom is 0.172 e. The first-order valence-electron chi connectivity index (χ1n) is 6.67. The van der Waals surface area contributed by atoms with Gasteiger partial charge in [0.2, 0.25) is 0 Å². The first kappa shape index (κ1) is 12.2. The van der Waals surface area contributed by atoms with Gasteiger partial charge in [-0.3, -0.25) is 0 Å². The SMILES string of the molecule is CNc1nc2ccccc2nc1N(C)C1CCNC1. The fourth-order valence-corrected chi connectivity index (χ4v) is 2.55. The van der Waals surface area contributed by atoms with E-state index in [2.05, 4.69) is 27.6 Å². The summed E-state index contributed by atoms with van der Waals surface area (Å²) < 4.78 is 0. The van der Waals surface area contributed by atoms with Crippen LogP contribution in [0.4, 0.5) is 11.6 Å². The number of aromatic nitrogens is 2. The maximum atomic E-state index is 4.76. The summed E-state index contributed by atoms with van der Waals surface area (Å²) >= 11 is 0. The van der Waals surface area contributed by atoms with Crippen LogP contribution in [0.25, 0.3) is 11.0 Å². The summed E-state index contributed by atoms with van der Waals surface area (Å²) in [7, 11) is 3.99. The third-order valence-corrected chi connectivity index (χ3v) is 3.71. The summed E-state index contributed by atoms with van der Waals surface area (Å²) in [6.45, 7) is 2.08. The normalized spacial score (nSPS) is 18.7. The molecule has 0 amide bonds. The molecule has 5 heteroatoms. The second-order valence-electron chi connectivity index (χ2n) is 4.89. The predicted octanol–water partition coefficient (Wildman–Crippen LogP) is 1.47. The molecule has 100 valence electrons. The second-order valence-corrected chi connectivity index (χ2v) is 4.89. The highest BCUT2D eigenvalue weighted by atomic mass is 15.2. The smallest absolute Gasteiger partial charge is 0.172 e. The Hall–Kier alpha value is -1.88. The van der Waals surface area contributed by atoms with Crippen LogP contribution in [-0.4, -0.2) is 43.2 Å². The molecule has 1 aromatic carbocycles. The molecule has 1 atom stereocenters. The van der Waals surface area contributed by atoms with Crippen molar-refractivity contribution in [1.82, 2.24) is 15.3 Å². The summed E-state index contributed by atoms with van der Waals surface area (Å²) in [6.07, 6.45) is 1.15. The molecule has 1 fully saturated rings. The van der Waals surface area contributed by atoms with E-state index in [4.69, 9.17) is 4.98 Å². The quantitative estimate of drug-likeness (QED) is 0.872. The van der Waals surface area contributed by atoms with Crippen molar-refractivity contribution >= 4 is 22.7 Å². The van der Waals surface area contributed by atoms with E-state index in [1.165, 1.54) is 0 Å². The molecule has 2 aromatic rings. The molecule has 0 spiro atoms. The number of para-hydroxylation sites is 2. The Labute approximate surface area is 113 Å². The Balaban J connectivity index is 2.05. The fraction of sp³-hybridized carbons (Fsp3) is 0.429. The lowest BCUT2D eigenvalue weighted by molar-refractivity contribution is 0.678. The lowest BCUT2D eigenvalue weighted by Crippen LogP contribution is -2.34. The van der Waals surface area contributed by atoms with Crippen molar-refractivity contribution in [2.24, 2.45) is 0 Å². The van der Waals surface area contributed by atoms with Crippen molar-refractivity contribution in [2.45, 2.75) is 12.5 Å². The molecule has 0 bridgehead atoms. The maximum absolute atomic E-state index is 4.76. The lowest BCUT2D eigenvalue weighted by atomic mass is 10.2. The van der Waals surface area contributed by atoms with E-state index in [1.807, 2.05) is 31.3 Å². The molecule has 2 N–H and O–H groups in total. The summed E-state index contributed by atoms with van der Waals surface area (Å²) in [6, 6.07) is 8.47. The molecule has 1 unspecified atom stereocenters. The molecule has 0 radical (unpaired) electrons. The van der Waals surface area contributed by atoms with Gasteiger partial charge in [0.1, 0.15) is 0 Å². The van der Waals surface area contributed by atoms with Gasteiger partial charge in [-0.15, -0.1) is 0 Å². The first-order chi connectivity index (χ1) is 9.29. The summed E-state index contributed by atoms with van der Waals surface area (Å²) in [4.78, 5) is 11.6. The van der Waals surface area contributed by atoms with Gasteiger partial charge in [-0.2, -0.15) is 0 Å². The lowest BCUT2D eigenvalue weighted by Gasteiger charge is -2.26. The van der Waals surface area contributed by atoms with E-state index in [1.54, 1.807) is 0 Å². The average molecular weight is 257 g/mol. The van der Waals surface area contributed by atoms with Gasteiger partial charge < -0.3 is 15.5 Å². The number of likely N-dealkylation sites (N-methyl/N-ethyl adjacent to an activating group) is 1. The molecule has 0 aliphatic carbocycles. The minimum Gasteiger partial charge on any atom is -0.370 e. The summed E-state index contributed by atoms with van der Waals surface area (Å²) in [5, 5.41) is 6.54. The molecule has 5 nitrogen and oxygen atoms in total. The number of nitrogens with zero attached hydrogens (tertiary/aromatic N) is 3. The monoisotopic (exact) mass is 257 g/mol. The van der Waals surface area contributed by atoms with Gasteiger partial charge >= 0.3 is 0 Å². The van der Waals surface area contributed by atoms with Crippen LogP contribution in [0.15, 0.2) is 24.3 Å². The number of nitrogens with one attached hydrogen (secondary N) is 2. The molecule has 1 saturated heterocycles. The van der Waals surface area contributed by atoms with Crippen molar-refractivity contribution in [2.75, 3.05) is 37.4 Å². The molecule has 3 rings (SSSR count). The first-order valence-corrected chi connectivity index (χ1v) is 6.67. The van der Waals surface area contributed by atoms with Crippen LogP contribution in [0, 0.1) is 0 Å². The van der Waals surface area contributed by atoms with Crippen LogP contribution in [0.1, 0.15) is 6.42 Å². The van der Waals surface area contributed by atoms with E-state index in [9.17, 15) is 0 Å². The van der Waals surface area contributed by atoms with Gasteiger partial charge in [-0.1, -0.05) is 12.1 Å². The topological polar surface area (TPSA) is 53.1 Å². The molecule has 0 saturated carbocycles. The number of rotatable bonds is 3. The van der Waals surface area contributed by atoms with Crippen LogP contribution in [0.2, 0.25) is 0 Å². The Bertz CT molecular complexity index is 577. The van der Waals surface area contributed by atoms with E-state index in [0.717, 1.165) is 42.2 Å². The van der Waals surface area contributed by atoms with E-state index < -0.39 is 0 Å². The van der Waals surface area contributed by atoms with Crippen molar-refractivity contribution in [3.05, 3.63) is 24.3 Å². The van der Waals surface area contributed by atoms with Crippen LogP contribution >= 0.6 is 0 Å². The molecule has 1 aliphatic rings. The zero-order chi connectivity index (χ0) is 13.2. The molecule has 19 heavy (non-hydrogen) atoms. The van der Waals surface area contributed by atoms with E-state index in [0.29, 0.717) is 6.04 Å². The highest BCUT2D eigenvalue weighted by Crippen LogP contribution is 2.26. The predicted molar refractivity (Wildman–Crippen MR) is 78.8 cm³/mol. The molecular weight excluding hydrogens is 238 g/mol. The Kier molecular flexibility index (Phi) is 3.21. The Morgan fingerprint density at radius 1 is 1.26 bits per heavy atom. The highest BCUT2D eigenvalue weighted by molar-refractivity contribution is 5.80. The van der Waals surface area contributed by atoms with Gasteiger partial charge in [0, 0.05) is 26.7 Å². The summed E-state index contributed by atoms with van der Waals surface area (Å²) in [5.74, 6) is 1.77. The van der Waals surface area contributed by atoms with Crippen molar-refractivity contribution in [1.29, 1.82) is 0 Å². The molecule has 2 heterocycles. The number of anilines is 2. The zero-order valence-electron chi connectivity index (χ0n) is 11.3. The van der Waals surface area contributed by atoms with Gasteiger partial charge in [0.25, 0.3) is 0 Å². The Morgan fingerprint density at radius 2 is 2.00 bits per heavy atom. The van der Waals surface area contributed by atoms with Crippen LogP contribution in [0.3, 0.4) is 0 Å². The van der Waals surface area contributed by atoms with Gasteiger partial charge in [0.15, 0.2) is 11.6 Å². The Morgan fingerprint density at radius 3 is 2.63 bits per heavy atom. The van der Waals surface area contributed by atoms with Crippen LogP contribution < -0.4 is 15.5 Å². The minimum absolute atomic E-state index is 0.488. The average Bonchev–Trinajstić information content (AvgIpc) is 2.99. The van der Waals surface area contributed by atoms with Crippen molar-refractivity contribution < 1.29 is 0 Å². The third-order valence-electron chi connectivity index (χ3n) is 3.71. The largest absolute Gasteiger partial charge is 0.370 e. The summed E-state index contributed by atoms with van der Waals surface area (Å²) in [5.41, 5.74) is 1.86. The molecular formula is C14H19N5. The number of fused-ring (bicyclic) bond motifs is 1. The number of hydrogen-bond acceptors (Lipinski definition) is 5. The second kappa shape index (κ2) is 5.01. The molecule has 1 aromatic heterocycles. The van der Waals surface area contributed by atoms with E-state index in [-0.39, 0.29) is 0 Å². The van der Waals surface area contributed by atoms with Gasteiger partial charge in [0.05, 0.1) is 11.0 Å². The van der Waals surface area contributed by atoms with Crippen LogP contribution in [0.5, 0.6) is 0 Å². The van der Waals surface area contributed by atoms with Crippen LogP contribution in [-0.2, 0) is 0 Å². The minimum atomic E-state index is 0.488. The standard InChI is InChI=1S/C14H19N5/c1-15-13-14(19(2)10-7-8-16-9-10)18-12-6-4-3-5-11(12)17-13/h3-6,10,16H,7-9H2,1-2H3,(H,15,17).